The van der Waals surface area contributed by atoms with E-state index in [1.54, 1.807) is 0 Å². The van der Waals surface area contributed by atoms with Crippen molar-refractivity contribution in [2.45, 2.75) is 23.4 Å². The van der Waals surface area contributed by atoms with E-state index >= 15 is 0 Å². The van der Waals surface area contributed by atoms with E-state index in [9.17, 15) is 17.6 Å². The van der Waals surface area contributed by atoms with Gasteiger partial charge in [-0.05, 0) is 55.3 Å². The van der Waals surface area contributed by atoms with Gasteiger partial charge in [-0.2, -0.15) is 0 Å². The summed E-state index contributed by atoms with van der Waals surface area (Å²) in [4.78, 5) is 16.6. The van der Waals surface area contributed by atoms with Crippen molar-refractivity contribution in [1.82, 2.24) is 5.32 Å². The summed E-state index contributed by atoms with van der Waals surface area (Å²) >= 11 is 11.8. The molecule has 0 fully saturated rings. The lowest BCUT2D eigenvalue weighted by Crippen LogP contribution is -2.54. The number of aliphatic hydroxyl groups is 1. The van der Waals surface area contributed by atoms with Gasteiger partial charge in [-0.1, -0.05) is 23.2 Å². The number of carbonyl (C=O) groups excluding carboxylic acids is 1. The molecular formula is C19H18Cl2FN3O4S. The predicted molar refractivity (Wildman–Crippen MR) is 113 cm³/mol. The number of aliphatic hydroxyl groups excluding tert-OH is 1. The molecule has 0 saturated heterocycles. The van der Waals surface area contributed by atoms with Crippen molar-refractivity contribution in [1.29, 1.82) is 0 Å². The molecule has 0 aliphatic carbocycles. The zero-order chi connectivity index (χ0) is 21.9. The van der Waals surface area contributed by atoms with E-state index in [1.165, 1.54) is 30.3 Å². The third-order valence-electron chi connectivity index (χ3n) is 4.37. The Bertz CT molecular complexity index is 1070. The van der Waals surface area contributed by atoms with Gasteiger partial charge in [0, 0.05) is 23.2 Å². The van der Waals surface area contributed by atoms with Crippen molar-refractivity contribution in [2.75, 3.05) is 17.5 Å². The Hall–Kier alpha value is -2.20. The highest BCUT2D eigenvalue weighted by Gasteiger charge is 2.56. The van der Waals surface area contributed by atoms with Crippen LogP contribution in [0.1, 0.15) is 12.8 Å². The summed E-state index contributed by atoms with van der Waals surface area (Å²) in [5.41, 5.74) is -2.37. The van der Waals surface area contributed by atoms with Gasteiger partial charge < -0.3 is 10.4 Å². The standard InChI is InChI=1S/C19H18Cl2FN3O4S/c20-13-3-6-15(7-4-13)30(28,29)25(17-11-14(21)5-8-16(17)22)19(12-24-19)18(27)23-9-1-2-10-26/h3-8,11-12,26H,1-2,9-10H2,(H,23,27)/t19-/m1/s1. The number of nitrogens with zero attached hydrogens (tertiary/aromatic N) is 2. The van der Waals surface area contributed by atoms with E-state index in [4.69, 9.17) is 28.3 Å². The Morgan fingerprint density at radius 2 is 1.77 bits per heavy atom. The van der Waals surface area contributed by atoms with Crippen molar-refractivity contribution in [3.05, 3.63) is 58.3 Å². The van der Waals surface area contributed by atoms with E-state index in [0.29, 0.717) is 22.2 Å². The van der Waals surface area contributed by atoms with E-state index in [0.717, 1.165) is 18.3 Å². The fourth-order valence-electron chi connectivity index (χ4n) is 2.79. The van der Waals surface area contributed by atoms with Crippen LogP contribution in [0.25, 0.3) is 0 Å². The summed E-state index contributed by atoms with van der Waals surface area (Å²) in [6.07, 6.45) is 2.07. The quantitative estimate of drug-likeness (QED) is 0.546. The van der Waals surface area contributed by atoms with Crippen LogP contribution < -0.4 is 9.62 Å². The molecule has 3 rings (SSSR count). The van der Waals surface area contributed by atoms with Crippen LogP contribution in [0, 0.1) is 5.82 Å². The first-order valence-corrected chi connectivity index (χ1v) is 11.1. The number of rotatable bonds is 9. The number of sulfonamides is 1. The van der Waals surface area contributed by atoms with Crippen molar-refractivity contribution >= 4 is 51.0 Å². The highest BCUT2D eigenvalue weighted by atomic mass is 35.5. The molecule has 0 unspecified atom stereocenters. The predicted octanol–water partition coefficient (Wildman–Crippen LogP) is 3.00. The molecule has 2 N–H and O–H groups in total. The summed E-state index contributed by atoms with van der Waals surface area (Å²) in [6.45, 7) is 0.152. The Balaban J connectivity index is 2.06. The number of benzene rings is 2. The molecule has 7 nitrogen and oxygen atoms in total. The molecule has 1 atom stereocenters. The van der Waals surface area contributed by atoms with E-state index in [1.807, 2.05) is 0 Å². The van der Waals surface area contributed by atoms with Gasteiger partial charge in [-0.15, -0.1) is 0 Å². The second-order valence-electron chi connectivity index (χ2n) is 6.49. The van der Waals surface area contributed by atoms with Crippen LogP contribution >= 0.6 is 23.2 Å². The number of unbranched alkanes of at least 4 members (excludes halogenated alkanes) is 1. The highest BCUT2D eigenvalue weighted by molar-refractivity contribution is 7.93. The molecule has 0 saturated carbocycles. The fraction of sp³-hybridized carbons (Fsp3) is 0.263. The Labute approximate surface area is 183 Å². The third kappa shape index (κ3) is 4.44. The number of carbonyl (C=O) groups is 1. The van der Waals surface area contributed by atoms with E-state index in [2.05, 4.69) is 10.3 Å². The minimum atomic E-state index is -4.44. The number of halogens is 3. The van der Waals surface area contributed by atoms with Gasteiger partial charge in [0.2, 0.25) is 0 Å². The van der Waals surface area contributed by atoms with Gasteiger partial charge in [-0.25, -0.2) is 22.1 Å². The van der Waals surface area contributed by atoms with Gasteiger partial charge in [0.05, 0.1) is 16.8 Å². The average Bonchev–Trinajstić information content (AvgIpc) is 3.50. The molecule has 0 bridgehead atoms. The second kappa shape index (κ2) is 8.89. The van der Waals surface area contributed by atoms with E-state index in [-0.39, 0.29) is 23.1 Å². The first kappa shape index (κ1) is 22.5. The van der Waals surface area contributed by atoms with Crippen molar-refractivity contribution < 1.29 is 22.7 Å². The molecule has 1 aliphatic rings. The van der Waals surface area contributed by atoms with Crippen LogP contribution in [0.4, 0.5) is 10.1 Å². The Morgan fingerprint density at radius 3 is 2.37 bits per heavy atom. The normalized spacial score (nSPS) is 17.6. The molecule has 1 heterocycles. The van der Waals surface area contributed by atoms with E-state index < -0.39 is 33.1 Å². The number of aliphatic imine (C=N–C) groups is 1. The first-order valence-electron chi connectivity index (χ1n) is 8.94. The number of hydrogen-bond acceptors (Lipinski definition) is 5. The van der Waals surface area contributed by atoms with Gasteiger partial charge in [0.1, 0.15) is 5.82 Å². The molecule has 0 spiro atoms. The summed E-state index contributed by atoms with van der Waals surface area (Å²) in [5.74, 6) is -1.63. The maximum Gasteiger partial charge on any atom is 0.275 e. The van der Waals surface area contributed by atoms with Crippen molar-refractivity contribution in [2.24, 2.45) is 4.99 Å². The zero-order valence-corrected chi connectivity index (χ0v) is 17.9. The fourth-order valence-corrected chi connectivity index (χ4v) is 4.72. The molecular weight excluding hydrogens is 456 g/mol. The first-order chi connectivity index (χ1) is 14.2. The van der Waals surface area contributed by atoms with Gasteiger partial charge in [0.15, 0.2) is 0 Å². The van der Waals surface area contributed by atoms with Gasteiger partial charge in [0.25, 0.3) is 21.6 Å². The molecule has 0 aromatic heterocycles. The smallest absolute Gasteiger partial charge is 0.275 e. The van der Waals surface area contributed by atoms with Gasteiger partial charge >= 0.3 is 0 Å². The number of amides is 1. The number of hydrogen-bond donors (Lipinski definition) is 2. The molecule has 160 valence electrons. The molecule has 2 aromatic rings. The monoisotopic (exact) mass is 473 g/mol. The van der Waals surface area contributed by atoms with Crippen LogP contribution in [0.3, 0.4) is 0 Å². The largest absolute Gasteiger partial charge is 0.396 e. The topological polar surface area (TPSA) is 99.1 Å². The maximum atomic E-state index is 14.7. The number of anilines is 1. The minimum absolute atomic E-state index is 0.0394. The molecule has 1 aliphatic heterocycles. The van der Waals surface area contributed by atoms with Crippen LogP contribution in [0.15, 0.2) is 52.4 Å². The lowest BCUT2D eigenvalue weighted by atomic mass is 10.2. The van der Waals surface area contributed by atoms with Crippen LogP contribution in [-0.2, 0) is 14.8 Å². The zero-order valence-electron chi connectivity index (χ0n) is 15.6. The maximum absolute atomic E-state index is 14.7. The highest BCUT2D eigenvalue weighted by Crippen LogP contribution is 2.39. The number of nitrogens with one attached hydrogen (secondary N) is 1. The van der Waals surface area contributed by atoms with Crippen molar-refractivity contribution in [3.63, 3.8) is 0 Å². The van der Waals surface area contributed by atoms with Crippen LogP contribution in [0.2, 0.25) is 10.0 Å². The lowest BCUT2D eigenvalue weighted by molar-refractivity contribution is -0.122. The summed E-state index contributed by atoms with van der Waals surface area (Å²) < 4.78 is 42.2. The molecule has 30 heavy (non-hydrogen) atoms. The Kier molecular flexibility index (Phi) is 6.66. The third-order valence-corrected chi connectivity index (χ3v) is 6.68. The molecule has 1 amide bonds. The summed E-state index contributed by atoms with van der Waals surface area (Å²) in [6, 6.07) is 8.64. The minimum Gasteiger partial charge on any atom is -0.396 e. The summed E-state index contributed by atoms with van der Waals surface area (Å²) in [5, 5.41) is 11.8. The van der Waals surface area contributed by atoms with Crippen molar-refractivity contribution in [3.8, 4) is 0 Å². The lowest BCUT2D eigenvalue weighted by Gasteiger charge is -2.31. The summed E-state index contributed by atoms with van der Waals surface area (Å²) in [7, 11) is -4.44. The molecule has 2 aromatic carbocycles. The average molecular weight is 474 g/mol. The molecule has 0 radical (unpaired) electrons. The molecule has 11 heteroatoms. The van der Waals surface area contributed by atoms with Gasteiger partial charge in [-0.3, -0.25) is 4.79 Å². The van der Waals surface area contributed by atoms with Crippen LogP contribution in [-0.4, -0.2) is 44.5 Å². The van der Waals surface area contributed by atoms with Crippen LogP contribution in [0.5, 0.6) is 0 Å². The SMILES string of the molecule is O=C(NCCCCO)[C@]1(N(c2cc(Cl)ccc2F)S(=O)(=O)c2ccc(Cl)cc2)C=N1. The Morgan fingerprint density at radius 1 is 1.13 bits per heavy atom. The second-order valence-corrected chi connectivity index (χ2v) is 9.15.